The van der Waals surface area contributed by atoms with Crippen molar-refractivity contribution in [3.8, 4) is 0 Å². The van der Waals surface area contributed by atoms with Gasteiger partial charge in [-0.15, -0.1) is 0 Å². The van der Waals surface area contributed by atoms with E-state index in [4.69, 9.17) is 16.3 Å². The molecule has 1 heterocycles. The predicted octanol–water partition coefficient (Wildman–Crippen LogP) is 2.12. The van der Waals surface area contributed by atoms with Crippen LogP contribution in [0.25, 0.3) is 0 Å². The third-order valence-corrected chi connectivity index (χ3v) is 5.75. The van der Waals surface area contributed by atoms with Gasteiger partial charge in [-0.1, -0.05) is 23.7 Å². The van der Waals surface area contributed by atoms with Gasteiger partial charge in [0, 0.05) is 25.2 Å². The number of piperidine rings is 1. The van der Waals surface area contributed by atoms with Crippen molar-refractivity contribution in [2.75, 3.05) is 39.9 Å². The van der Waals surface area contributed by atoms with Crippen molar-refractivity contribution in [3.63, 3.8) is 0 Å². The molecule has 0 atom stereocenters. The van der Waals surface area contributed by atoms with Gasteiger partial charge in [-0.3, -0.25) is 0 Å². The van der Waals surface area contributed by atoms with Crippen LogP contribution in [0.3, 0.4) is 0 Å². The molecular formula is C16H25ClN2O3S. The minimum Gasteiger partial charge on any atom is -0.383 e. The molecule has 1 aromatic carbocycles. The Morgan fingerprint density at radius 1 is 1.26 bits per heavy atom. The first kappa shape index (κ1) is 18.7. The SMILES string of the molecule is COCCN1CCC(CNS(=O)(=O)Cc2ccc(Cl)cc2)CC1. The molecule has 0 bridgehead atoms. The number of rotatable bonds is 8. The van der Waals surface area contributed by atoms with Crippen LogP contribution in [0.5, 0.6) is 0 Å². The Hall–Kier alpha value is -0.660. The summed E-state index contributed by atoms with van der Waals surface area (Å²) >= 11 is 5.81. The number of likely N-dealkylation sites (tertiary alicyclic amines) is 1. The van der Waals surface area contributed by atoms with E-state index in [1.54, 1.807) is 31.4 Å². The van der Waals surface area contributed by atoms with Crippen LogP contribution in [0.4, 0.5) is 0 Å². The molecule has 0 saturated carbocycles. The summed E-state index contributed by atoms with van der Waals surface area (Å²) in [5.41, 5.74) is 0.747. The van der Waals surface area contributed by atoms with E-state index in [0.717, 1.165) is 44.6 Å². The highest BCUT2D eigenvalue weighted by molar-refractivity contribution is 7.88. The number of sulfonamides is 1. The van der Waals surface area contributed by atoms with E-state index in [1.807, 2.05) is 0 Å². The van der Waals surface area contributed by atoms with Gasteiger partial charge in [0.2, 0.25) is 10.0 Å². The topological polar surface area (TPSA) is 58.6 Å². The Balaban J connectivity index is 1.73. The van der Waals surface area contributed by atoms with Gasteiger partial charge in [0.1, 0.15) is 0 Å². The Morgan fingerprint density at radius 2 is 1.91 bits per heavy atom. The zero-order valence-corrected chi connectivity index (χ0v) is 15.1. The normalized spacial score (nSPS) is 17.5. The van der Waals surface area contributed by atoms with Crippen molar-refractivity contribution in [2.24, 2.45) is 5.92 Å². The second-order valence-electron chi connectivity index (χ2n) is 6.01. The summed E-state index contributed by atoms with van der Waals surface area (Å²) in [6.07, 6.45) is 2.04. The van der Waals surface area contributed by atoms with Crippen LogP contribution >= 0.6 is 11.6 Å². The van der Waals surface area contributed by atoms with Crippen molar-refractivity contribution in [1.29, 1.82) is 0 Å². The van der Waals surface area contributed by atoms with Crippen LogP contribution < -0.4 is 4.72 Å². The molecule has 23 heavy (non-hydrogen) atoms. The Labute approximate surface area is 144 Å². The van der Waals surface area contributed by atoms with E-state index in [-0.39, 0.29) is 5.75 Å². The van der Waals surface area contributed by atoms with Crippen molar-refractivity contribution >= 4 is 21.6 Å². The molecule has 2 rings (SSSR count). The summed E-state index contributed by atoms with van der Waals surface area (Å²) in [5.74, 6) is 0.408. The fraction of sp³-hybridized carbons (Fsp3) is 0.625. The molecule has 5 nitrogen and oxygen atoms in total. The standard InChI is InChI=1S/C16H25ClN2O3S/c1-22-11-10-19-8-6-14(7-9-19)12-18-23(20,21)13-15-2-4-16(17)5-3-15/h2-5,14,18H,6-13H2,1H3. The van der Waals surface area contributed by atoms with Crippen LogP contribution in [0, 0.1) is 5.92 Å². The molecule has 1 fully saturated rings. The van der Waals surface area contributed by atoms with Crippen LogP contribution in [0.15, 0.2) is 24.3 Å². The third kappa shape index (κ3) is 6.77. The van der Waals surface area contributed by atoms with Gasteiger partial charge in [0.15, 0.2) is 0 Å². The van der Waals surface area contributed by atoms with E-state index in [0.29, 0.717) is 17.5 Å². The van der Waals surface area contributed by atoms with E-state index in [2.05, 4.69) is 9.62 Å². The molecule has 7 heteroatoms. The summed E-state index contributed by atoms with van der Waals surface area (Å²) in [6.45, 7) is 4.23. The first-order valence-corrected chi connectivity index (χ1v) is 9.94. The molecule has 0 radical (unpaired) electrons. The fourth-order valence-corrected chi connectivity index (χ4v) is 4.08. The molecule has 1 saturated heterocycles. The lowest BCUT2D eigenvalue weighted by molar-refractivity contribution is 0.121. The van der Waals surface area contributed by atoms with Gasteiger partial charge in [0.25, 0.3) is 0 Å². The van der Waals surface area contributed by atoms with Gasteiger partial charge in [-0.25, -0.2) is 13.1 Å². The third-order valence-electron chi connectivity index (χ3n) is 4.18. The molecular weight excluding hydrogens is 336 g/mol. The number of benzene rings is 1. The summed E-state index contributed by atoms with van der Waals surface area (Å²) in [4.78, 5) is 2.36. The van der Waals surface area contributed by atoms with Crippen LogP contribution in [0.1, 0.15) is 18.4 Å². The zero-order chi connectivity index (χ0) is 16.7. The van der Waals surface area contributed by atoms with Crippen LogP contribution in [0.2, 0.25) is 5.02 Å². The smallest absolute Gasteiger partial charge is 0.215 e. The number of methoxy groups -OCH3 is 1. The van der Waals surface area contributed by atoms with E-state index in [1.165, 1.54) is 0 Å². The second kappa shape index (κ2) is 8.99. The average Bonchev–Trinajstić information content (AvgIpc) is 2.54. The molecule has 0 aromatic heterocycles. The zero-order valence-electron chi connectivity index (χ0n) is 13.5. The number of nitrogens with one attached hydrogen (secondary N) is 1. The Morgan fingerprint density at radius 3 is 2.52 bits per heavy atom. The maximum absolute atomic E-state index is 12.2. The van der Waals surface area contributed by atoms with Gasteiger partial charge in [-0.2, -0.15) is 0 Å². The van der Waals surface area contributed by atoms with E-state index in [9.17, 15) is 8.42 Å². The molecule has 1 aliphatic rings. The highest BCUT2D eigenvalue weighted by Crippen LogP contribution is 2.17. The first-order valence-electron chi connectivity index (χ1n) is 7.91. The number of ether oxygens (including phenoxy) is 1. The molecule has 1 aromatic rings. The minimum atomic E-state index is -3.30. The molecule has 1 N–H and O–H groups in total. The molecule has 0 amide bonds. The van der Waals surface area contributed by atoms with Crippen LogP contribution in [-0.2, 0) is 20.5 Å². The lowest BCUT2D eigenvalue weighted by Gasteiger charge is -2.31. The average molecular weight is 361 g/mol. The fourth-order valence-electron chi connectivity index (χ4n) is 2.73. The van der Waals surface area contributed by atoms with Crippen molar-refractivity contribution in [1.82, 2.24) is 9.62 Å². The van der Waals surface area contributed by atoms with Gasteiger partial charge < -0.3 is 9.64 Å². The number of halogens is 1. The Kier molecular flexibility index (Phi) is 7.30. The molecule has 0 unspecified atom stereocenters. The number of nitrogens with zero attached hydrogens (tertiary/aromatic N) is 1. The second-order valence-corrected chi connectivity index (χ2v) is 8.26. The van der Waals surface area contributed by atoms with Crippen molar-refractivity contribution < 1.29 is 13.2 Å². The lowest BCUT2D eigenvalue weighted by Crippen LogP contribution is -2.40. The molecule has 130 valence electrons. The largest absolute Gasteiger partial charge is 0.383 e. The van der Waals surface area contributed by atoms with E-state index < -0.39 is 10.0 Å². The molecule has 0 aliphatic carbocycles. The van der Waals surface area contributed by atoms with Crippen LogP contribution in [-0.4, -0.2) is 53.2 Å². The molecule has 1 aliphatic heterocycles. The van der Waals surface area contributed by atoms with Gasteiger partial charge in [-0.05, 0) is 49.5 Å². The first-order chi connectivity index (χ1) is 11.0. The monoisotopic (exact) mass is 360 g/mol. The number of hydrogen-bond donors (Lipinski definition) is 1. The van der Waals surface area contributed by atoms with Crippen molar-refractivity contribution in [3.05, 3.63) is 34.9 Å². The predicted molar refractivity (Wildman–Crippen MR) is 93.1 cm³/mol. The quantitative estimate of drug-likeness (QED) is 0.771. The maximum atomic E-state index is 12.2. The lowest BCUT2D eigenvalue weighted by atomic mass is 9.97. The summed E-state index contributed by atoms with van der Waals surface area (Å²) in [7, 11) is -1.59. The van der Waals surface area contributed by atoms with Gasteiger partial charge >= 0.3 is 0 Å². The summed E-state index contributed by atoms with van der Waals surface area (Å²) in [5, 5.41) is 0.610. The maximum Gasteiger partial charge on any atom is 0.215 e. The minimum absolute atomic E-state index is 0.00312. The number of hydrogen-bond acceptors (Lipinski definition) is 4. The van der Waals surface area contributed by atoms with Crippen molar-refractivity contribution in [2.45, 2.75) is 18.6 Å². The summed E-state index contributed by atoms with van der Waals surface area (Å²) < 4.78 is 32.2. The summed E-state index contributed by atoms with van der Waals surface area (Å²) in [6, 6.07) is 6.91. The van der Waals surface area contributed by atoms with Gasteiger partial charge in [0.05, 0.1) is 12.4 Å². The highest BCUT2D eigenvalue weighted by atomic mass is 35.5. The Bertz CT molecular complexity index is 569. The van der Waals surface area contributed by atoms with E-state index >= 15 is 0 Å². The highest BCUT2D eigenvalue weighted by Gasteiger charge is 2.21. The molecule has 0 spiro atoms.